The third-order valence-corrected chi connectivity index (χ3v) is 0.968. The highest BCUT2D eigenvalue weighted by molar-refractivity contribution is 6.01. The van der Waals surface area contributed by atoms with Gasteiger partial charge in [0.1, 0.15) is 6.42 Å². The number of aliphatic imine (C=N–C) groups is 1. The molecule has 64 valence electrons. The highest BCUT2D eigenvalue weighted by atomic mass is 16.1. The van der Waals surface area contributed by atoms with Gasteiger partial charge in [-0.25, -0.2) is 4.99 Å². The Morgan fingerprint density at radius 1 is 1.67 bits per heavy atom. The Hall–Kier alpha value is -1.63. The summed E-state index contributed by atoms with van der Waals surface area (Å²) in [6.07, 6.45) is 1.39. The van der Waals surface area contributed by atoms with Crippen LogP contribution in [0.3, 0.4) is 0 Å². The van der Waals surface area contributed by atoms with Gasteiger partial charge in [0.2, 0.25) is 0 Å². The zero-order chi connectivity index (χ0) is 9.56. The first kappa shape index (κ1) is 10.4. The predicted octanol–water partition coefficient (Wildman–Crippen LogP) is 0.750. The minimum absolute atomic E-state index is 0.186. The lowest BCUT2D eigenvalue weighted by molar-refractivity contribution is -0.116. The van der Waals surface area contributed by atoms with E-state index < -0.39 is 5.91 Å². The summed E-state index contributed by atoms with van der Waals surface area (Å²) in [4.78, 5) is 14.4. The van der Waals surface area contributed by atoms with Crippen LogP contribution in [-0.2, 0) is 4.79 Å². The van der Waals surface area contributed by atoms with Crippen LogP contribution in [0, 0.1) is 11.3 Å². The second-order valence-corrected chi connectivity index (χ2v) is 2.37. The Balaban J connectivity index is 4.29. The maximum Gasteiger partial charge on any atom is 0.260 e. The van der Waals surface area contributed by atoms with Gasteiger partial charge < -0.3 is 5.73 Å². The molecule has 4 heteroatoms. The molecule has 0 bridgehead atoms. The first-order chi connectivity index (χ1) is 5.56. The molecule has 0 aliphatic heterocycles. The molecule has 0 heterocycles. The van der Waals surface area contributed by atoms with Crippen molar-refractivity contribution in [3.63, 3.8) is 0 Å². The van der Waals surface area contributed by atoms with Crippen LogP contribution in [0.2, 0.25) is 0 Å². The largest absolute Gasteiger partial charge is 0.402 e. The molecule has 0 saturated heterocycles. The first-order valence-corrected chi connectivity index (χ1v) is 3.45. The lowest BCUT2D eigenvalue weighted by Gasteiger charge is -1.91. The van der Waals surface area contributed by atoms with E-state index in [1.165, 1.54) is 0 Å². The van der Waals surface area contributed by atoms with Crippen molar-refractivity contribution in [3.8, 4) is 6.07 Å². The molecule has 0 unspecified atom stereocenters. The van der Waals surface area contributed by atoms with Gasteiger partial charge in [-0.2, -0.15) is 5.26 Å². The molecule has 0 aliphatic rings. The molecule has 0 aromatic heterocycles. The van der Waals surface area contributed by atoms with E-state index in [1.54, 1.807) is 26.0 Å². The van der Waals surface area contributed by atoms with E-state index in [4.69, 9.17) is 11.0 Å². The van der Waals surface area contributed by atoms with Gasteiger partial charge in [-0.15, -0.1) is 0 Å². The van der Waals surface area contributed by atoms with Crippen LogP contribution in [0.5, 0.6) is 0 Å². The SMILES string of the molecule is CC(/C=C(/C)N)=NC(=O)CC#N. The summed E-state index contributed by atoms with van der Waals surface area (Å²) in [7, 11) is 0. The van der Waals surface area contributed by atoms with Crippen molar-refractivity contribution in [1.29, 1.82) is 5.26 Å². The number of hydrogen-bond donors (Lipinski definition) is 1. The topological polar surface area (TPSA) is 79.2 Å². The van der Waals surface area contributed by atoms with Crippen LogP contribution < -0.4 is 5.73 Å². The van der Waals surface area contributed by atoms with Gasteiger partial charge in [-0.1, -0.05) is 0 Å². The smallest absolute Gasteiger partial charge is 0.260 e. The van der Waals surface area contributed by atoms with E-state index >= 15 is 0 Å². The van der Waals surface area contributed by atoms with Crippen molar-refractivity contribution in [2.45, 2.75) is 20.3 Å². The lowest BCUT2D eigenvalue weighted by Crippen LogP contribution is -1.99. The van der Waals surface area contributed by atoms with Gasteiger partial charge in [0.25, 0.3) is 5.91 Å². The fourth-order valence-corrected chi connectivity index (χ4v) is 0.666. The van der Waals surface area contributed by atoms with Gasteiger partial charge in [-0.3, -0.25) is 4.79 Å². The number of carbonyl (C=O) groups is 1. The van der Waals surface area contributed by atoms with Crippen LogP contribution in [0.1, 0.15) is 20.3 Å². The van der Waals surface area contributed by atoms with E-state index in [2.05, 4.69) is 4.99 Å². The molecule has 0 saturated carbocycles. The third kappa shape index (κ3) is 5.18. The molecule has 12 heavy (non-hydrogen) atoms. The van der Waals surface area contributed by atoms with Crippen LogP contribution in [0.4, 0.5) is 0 Å². The van der Waals surface area contributed by atoms with Gasteiger partial charge in [0.15, 0.2) is 0 Å². The molecule has 0 fully saturated rings. The number of carbonyl (C=O) groups excluding carboxylic acids is 1. The number of nitriles is 1. The van der Waals surface area contributed by atoms with Crippen LogP contribution >= 0.6 is 0 Å². The molecule has 0 aromatic carbocycles. The summed E-state index contributed by atoms with van der Waals surface area (Å²) in [5.74, 6) is -0.437. The van der Waals surface area contributed by atoms with Crippen molar-refractivity contribution < 1.29 is 4.79 Å². The minimum atomic E-state index is -0.437. The molecule has 0 aromatic rings. The second-order valence-electron chi connectivity index (χ2n) is 2.37. The number of nitrogens with zero attached hydrogens (tertiary/aromatic N) is 2. The van der Waals surface area contributed by atoms with Crippen LogP contribution in [0.15, 0.2) is 16.8 Å². The Bertz CT molecular complexity index is 267. The first-order valence-electron chi connectivity index (χ1n) is 3.45. The molecule has 0 aliphatic carbocycles. The lowest BCUT2D eigenvalue weighted by atomic mass is 10.3. The highest BCUT2D eigenvalue weighted by Gasteiger charge is 1.96. The standard InChI is InChI=1S/C8H11N3O/c1-6(10)5-7(2)11-8(12)3-4-9/h5H,3,10H2,1-2H3/b6-5-,11-7?. The molecular weight excluding hydrogens is 154 g/mol. The second kappa shape index (κ2) is 5.08. The van der Waals surface area contributed by atoms with Crippen molar-refractivity contribution in [1.82, 2.24) is 0 Å². The summed E-state index contributed by atoms with van der Waals surface area (Å²) in [6, 6.07) is 1.72. The third-order valence-electron chi connectivity index (χ3n) is 0.968. The van der Waals surface area contributed by atoms with Gasteiger partial charge >= 0.3 is 0 Å². The predicted molar refractivity (Wildman–Crippen MR) is 46.3 cm³/mol. The summed E-state index contributed by atoms with van der Waals surface area (Å²) in [6.45, 7) is 3.36. The monoisotopic (exact) mass is 165 g/mol. The van der Waals surface area contributed by atoms with E-state index in [0.29, 0.717) is 11.4 Å². The number of allylic oxidation sites excluding steroid dienone is 2. The quantitative estimate of drug-likeness (QED) is 0.613. The maximum absolute atomic E-state index is 10.8. The molecule has 0 radical (unpaired) electrons. The fourth-order valence-electron chi connectivity index (χ4n) is 0.666. The molecule has 0 atom stereocenters. The summed E-state index contributed by atoms with van der Waals surface area (Å²) < 4.78 is 0. The van der Waals surface area contributed by atoms with E-state index in [-0.39, 0.29) is 6.42 Å². The van der Waals surface area contributed by atoms with Crippen molar-refractivity contribution in [2.75, 3.05) is 0 Å². The van der Waals surface area contributed by atoms with Gasteiger partial charge in [-0.05, 0) is 19.9 Å². The van der Waals surface area contributed by atoms with Crippen molar-refractivity contribution in [3.05, 3.63) is 11.8 Å². The average molecular weight is 165 g/mol. The Kier molecular flexibility index (Phi) is 4.39. The summed E-state index contributed by atoms with van der Waals surface area (Å²) >= 11 is 0. The van der Waals surface area contributed by atoms with E-state index in [1.807, 2.05) is 0 Å². The number of rotatable bonds is 2. The van der Waals surface area contributed by atoms with Crippen molar-refractivity contribution in [2.24, 2.45) is 10.7 Å². The number of amides is 1. The van der Waals surface area contributed by atoms with Gasteiger partial charge in [0, 0.05) is 11.4 Å². The number of hydrogen-bond acceptors (Lipinski definition) is 3. The Labute approximate surface area is 71.4 Å². The number of nitrogens with two attached hydrogens (primary N) is 1. The highest BCUT2D eigenvalue weighted by Crippen LogP contribution is 1.89. The van der Waals surface area contributed by atoms with Crippen molar-refractivity contribution >= 4 is 11.6 Å². The molecular formula is C8H11N3O. The van der Waals surface area contributed by atoms with Gasteiger partial charge in [0.05, 0.1) is 6.07 Å². The van der Waals surface area contributed by atoms with Crippen LogP contribution in [-0.4, -0.2) is 11.6 Å². The normalized spacial score (nSPS) is 12.4. The Morgan fingerprint density at radius 3 is 2.67 bits per heavy atom. The summed E-state index contributed by atoms with van der Waals surface area (Å²) in [5.41, 5.74) is 6.45. The van der Waals surface area contributed by atoms with Crippen LogP contribution in [0.25, 0.3) is 0 Å². The molecule has 1 amide bonds. The average Bonchev–Trinajstić information content (AvgIpc) is 1.84. The minimum Gasteiger partial charge on any atom is -0.402 e. The Morgan fingerprint density at radius 2 is 2.25 bits per heavy atom. The molecule has 0 rings (SSSR count). The van der Waals surface area contributed by atoms with E-state index in [9.17, 15) is 4.79 Å². The zero-order valence-corrected chi connectivity index (χ0v) is 7.16. The molecule has 4 nitrogen and oxygen atoms in total. The fraction of sp³-hybridized carbons (Fsp3) is 0.375. The maximum atomic E-state index is 10.8. The zero-order valence-electron chi connectivity index (χ0n) is 7.16. The summed E-state index contributed by atoms with van der Waals surface area (Å²) in [5, 5.41) is 8.15. The molecule has 0 spiro atoms. The van der Waals surface area contributed by atoms with E-state index in [0.717, 1.165) is 0 Å². The molecule has 2 N–H and O–H groups in total.